The van der Waals surface area contributed by atoms with E-state index in [0.717, 1.165) is 17.7 Å². The van der Waals surface area contributed by atoms with Gasteiger partial charge in [-0.05, 0) is 31.9 Å². The molecule has 2 aromatic rings. The monoisotopic (exact) mass is 313 g/mol. The number of carbonyl (C=O) groups is 1. The van der Waals surface area contributed by atoms with Crippen LogP contribution in [-0.2, 0) is 17.6 Å². The quantitative estimate of drug-likeness (QED) is 0.887. The lowest BCUT2D eigenvalue weighted by atomic mass is 10.0. The van der Waals surface area contributed by atoms with E-state index in [0.29, 0.717) is 23.7 Å². The zero-order chi connectivity index (χ0) is 16.4. The van der Waals surface area contributed by atoms with Crippen molar-refractivity contribution in [2.24, 2.45) is 0 Å². The fourth-order valence-corrected chi connectivity index (χ4v) is 2.82. The van der Waals surface area contributed by atoms with Gasteiger partial charge in [-0.2, -0.15) is 0 Å². The van der Waals surface area contributed by atoms with Crippen LogP contribution in [0.4, 0.5) is 0 Å². The van der Waals surface area contributed by atoms with Crippen LogP contribution in [-0.4, -0.2) is 28.5 Å². The average Bonchev–Trinajstić information content (AvgIpc) is 2.51. The van der Waals surface area contributed by atoms with Crippen LogP contribution in [0, 0.1) is 13.8 Å². The van der Waals surface area contributed by atoms with E-state index in [1.165, 1.54) is 0 Å². The summed E-state index contributed by atoms with van der Waals surface area (Å²) in [5, 5.41) is 2.93. The number of aryl methyl sites for hydroxylation is 2. The van der Waals surface area contributed by atoms with Crippen LogP contribution in [0.5, 0.6) is 5.75 Å². The van der Waals surface area contributed by atoms with E-state index in [1.54, 1.807) is 13.8 Å². The standard InChI is InChI=1S/C17H19N3O3/c1-10-14(17(22)19-11(2)18-10)8-16(21)20-13-7-12-5-3-4-6-15(12)23-9-13/h3-6,13H,7-9H2,1-2H3,(H,20,21)(H,18,19,22)/t13-/m0/s1. The van der Waals surface area contributed by atoms with Crippen LogP contribution in [0.2, 0.25) is 0 Å². The minimum absolute atomic E-state index is 0.0204. The van der Waals surface area contributed by atoms with E-state index in [-0.39, 0.29) is 23.9 Å². The van der Waals surface area contributed by atoms with Gasteiger partial charge in [0.05, 0.1) is 12.5 Å². The van der Waals surface area contributed by atoms with Crippen molar-refractivity contribution < 1.29 is 9.53 Å². The summed E-state index contributed by atoms with van der Waals surface area (Å²) < 4.78 is 5.66. The smallest absolute Gasteiger partial charge is 0.254 e. The molecule has 1 amide bonds. The Kier molecular flexibility index (Phi) is 4.14. The number of carbonyl (C=O) groups excluding carboxylic acids is 1. The minimum atomic E-state index is -0.254. The summed E-state index contributed by atoms with van der Waals surface area (Å²) in [6, 6.07) is 7.71. The SMILES string of the molecule is Cc1nc(C)c(CC(=O)N[C@@H]2COc3ccccc3C2)c(=O)[nH]1. The van der Waals surface area contributed by atoms with Crippen LogP contribution in [0.25, 0.3) is 0 Å². The zero-order valence-electron chi connectivity index (χ0n) is 13.2. The van der Waals surface area contributed by atoms with Crippen molar-refractivity contribution >= 4 is 5.91 Å². The summed E-state index contributed by atoms with van der Waals surface area (Å²) in [6.07, 6.45) is 0.746. The predicted molar refractivity (Wildman–Crippen MR) is 85.6 cm³/mol. The molecule has 1 aromatic carbocycles. The van der Waals surface area contributed by atoms with Crippen molar-refractivity contribution in [3.63, 3.8) is 0 Å². The molecule has 0 unspecified atom stereocenters. The zero-order valence-corrected chi connectivity index (χ0v) is 13.2. The highest BCUT2D eigenvalue weighted by molar-refractivity contribution is 5.79. The number of hydrogen-bond donors (Lipinski definition) is 2. The molecular weight excluding hydrogens is 294 g/mol. The molecule has 0 saturated heterocycles. The van der Waals surface area contributed by atoms with Crippen molar-refractivity contribution in [1.82, 2.24) is 15.3 Å². The molecule has 3 rings (SSSR count). The number of nitrogens with zero attached hydrogens (tertiary/aromatic N) is 1. The number of rotatable bonds is 3. The lowest BCUT2D eigenvalue weighted by molar-refractivity contribution is -0.121. The lowest BCUT2D eigenvalue weighted by Crippen LogP contribution is -2.43. The molecule has 1 aliphatic heterocycles. The second-order valence-electron chi connectivity index (χ2n) is 5.78. The van der Waals surface area contributed by atoms with Gasteiger partial charge in [-0.25, -0.2) is 4.98 Å². The number of aromatic nitrogens is 2. The van der Waals surface area contributed by atoms with Crippen molar-refractivity contribution in [2.45, 2.75) is 32.7 Å². The van der Waals surface area contributed by atoms with Crippen LogP contribution in [0.15, 0.2) is 29.1 Å². The van der Waals surface area contributed by atoms with Crippen LogP contribution in [0.1, 0.15) is 22.6 Å². The Hall–Kier alpha value is -2.63. The van der Waals surface area contributed by atoms with Crippen LogP contribution >= 0.6 is 0 Å². The molecule has 6 nitrogen and oxygen atoms in total. The first-order valence-corrected chi connectivity index (χ1v) is 7.59. The number of nitrogens with one attached hydrogen (secondary N) is 2. The molecule has 0 aliphatic carbocycles. The van der Waals surface area contributed by atoms with E-state index in [1.807, 2.05) is 24.3 Å². The maximum absolute atomic E-state index is 12.2. The highest BCUT2D eigenvalue weighted by Crippen LogP contribution is 2.23. The van der Waals surface area contributed by atoms with Gasteiger partial charge >= 0.3 is 0 Å². The molecule has 0 radical (unpaired) electrons. The number of fused-ring (bicyclic) bond motifs is 1. The molecule has 0 spiro atoms. The van der Waals surface area contributed by atoms with Gasteiger partial charge in [0.15, 0.2) is 0 Å². The molecule has 1 aromatic heterocycles. The van der Waals surface area contributed by atoms with Gasteiger partial charge in [0.25, 0.3) is 5.56 Å². The van der Waals surface area contributed by atoms with E-state index < -0.39 is 0 Å². The summed E-state index contributed by atoms with van der Waals surface area (Å²) in [5.41, 5.74) is 1.82. The molecule has 1 atom stereocenters. The molecule has 0 bridgehead atoms. The van der Waals surface area contributed by atoms with Gasteiger partial charge < -0.3 is 15.0 Å². The number of benzene rings is 1. The third-order valence-corrected chi connectivity index (χ3v) is 3.92. The summed E-state index contributed by atoms with van der Waals surface area (Å²) in [4.78, 5) is 31.0. The van der Waals surface area contributed by atoms with Gasteiger partial charge in [-0.15, -0.1) is 0 Å². The highest BCUT2D eigenvalue weighted by atomic mass is 16.5. The second-order valence-corrected chi connectivity index (χ2v) is 5.78. The summed E-state index contributed by atoms with van der Waals surface area (Å²) in [7, 11) is 0. The second kappa shape index (κ2) is 6.24. The van der Waals surface area contributed by atoms with Crippen molar-refractivity contribution in [3.05, 3.63) is 57.3 Å². The topological polar surface area (TPSA) is 84.1 Å². The number of ether oxygens (including phenoxy) is 1. The lowest BCUT2D eigenvalue weighted by Gasteiger charge is -2.26. The van der Waals surface area contributed by atoms with Crippen molar-refractivity contribution in [1.29, 1.82) is 0 Å². The Morgan fingerprint density at radius 3 is 2.96 bits per heavy atom. The van der Waals surface area contributed by atoms with Gasteiger partial charge in [0.1, 0.15) is 18.2 Å². The molecule has 120 valence electrons. The van der Waals surface area contributed by atoms with Gasteiger partial charge in [0.2, 0.25) is 5.91 Å². The van der Waals surface area contributed by atoms with E-state index >= 15 is 0 Å². The first kappa shape index (κ1) is 15.3. The number of aromatic amines is 1. The molecule has 0 saturated carbocycles. The number of para-hydroxylation sites is 1. The predicted octanol–water partition coefficient (Wildman–Crippen LogP) is 1.05. The fraction of sp³-hybridized carbons (Fsp3) is 0.353. The Balaban J connectivity index is 1.66. The molecule has 2 N–H and O–H groups in total. The van der Waals surface area contributed by atoms with Crippen LogP contribution < -0.4 is 15.6 Å². The average molecular weight is 313 g/mol. The highest BCUT2D eigenvalue weighted by Gasteiger charge is 2.22. The Labute approximate surface area is 133 Å². The molecule has 1 aliphatic rings. The third-order valence-electron chi connectivity index (χ3n) is 3.92. The minimum Gasteiger partial charge on any atom is -0.491 e. The molecule has 2 heterocycles. The van der Waals surface area contributed by atoms with Crippen LogP contribution in [0.3, 0.4) is 0 Å². The van der Waals surface area contributed by atoms with E-state index in [2.05, 4.69) is 15.3 Å². The van der Waals surface area contributed by atoms with E-state index in [9.17, 15) is 9.59 Å². The van der Waals surface area contributed by atoms with E-state index in [4.69, 9.17) is 4.74 Å². The molecule has 6 heteroatoms. The van der Waals surface area contributed by atoms with Crippen molar-refractivity contribution in [3.8, 4) is 5.75 Å². The molecular formula is C17H19N3O3. The summed E-state index contributed by atoms with van der Waals surface area (Å²) >= 11 is 0. The molecule has 0 fully saturated rings. The van der Waals surface area contributed by atoms with Gasteiger partial charge in [-0.1, -0.05) is 18.2 Å². The third kappa shape index (κ3) is 3.41. The first-order valence-electron chi connectivity index (χ1n) is 7.59. The number of H-pyrrole nitrogens is 1. The largest absolute Gasteiger partial charge is 0.491 e. The Morgan fingerprint density at radius 2 is 2.17 bits per heavy atom. The summed E-state index contributed by atoms with van der Waals surface area (Å²) in [5.74, 6) is 1.22. The Morgan fingerprint density at radius 1 is 1.39 bits per heavy atom. The first-order chi connectivity index (χ1) is 11.0. The number of amides is 1. The maximum Gasteiger partial charge on any atom is 0.254 e. The molecule has 23 heavy (non-hydrogen) atoms. The maximum atomic E-state index is 12.2. The van der Waals surface area contributed by atoms with Crippen molar-refractivity contribution in [2.75, 3.05) is 6.61 Å². The van der Waals surface area contributed by atoms with Gasteiger partial charge in [0, 0.05) is 11.3 Å². The fourth-order valence-electron chi connectivity index (χ4n) is 2.82. The van der Waals surface area contributed by atoms with Gasteiger partial charge in [-0.3, -0.25) is 9.59 Å². The summed E-state index contributed by atoms with van der Waals surface area (Å²) in [6.45, 7) is 3.89. The normalized spacial score (nSPS) is 16.3. The number of hydrogen-bond acceptors (Lipinski definition) is 4. The Bertz CT molecular complexity index is 798.